The molecule has 1 aliphatic heterocycles. The normalized spacial score (nSPS) is 18.8. The summed E-state index contributed by atoms with van der Waals surface area (Å²) in [7, 11) is 1.74. The molecule has 1 atom stereocenters. The maximum Gasteiger partial charge on any atom is 0.253 e. The first-order chi connectivity index (χ1) is 13.6. The van der Waals surface area contributed by atoms with Crippen LogP contribution in [0.15, 0.2) is 29.3 Å². The van der Waals surface area contributed by atoms with E-state index in [0.29, 0.717) is 44.3 Å². The van der Waals surface area contributed by atoms with Crippen molar-refractivity contribution in [3.05, 3.63) is 35.4 Å². The maximum atomic E-state index is 12.4. The number of benzene rings is 1. The van der Waals surface area contributed by atoms with E-state index in [1.807, 2.05) is 43.0 Å². The highest BCUT2D eigenvalue weighted by molar-refractivity contribution is 14.0. The number of nitrogens with zero attached hydrogens (tertiary/aromatic N) is 2. The molecule has 1 saturated heterocycles. The fraction of sp³-hybridized carbons (Fsp3) is 0.619. The van der Waals surface area contributed by atoms with E-state index in [4.69, 9.17) is 4.74 Å². The molecule has 1 aromatic carbocycles. The van der Waals surface area contributed by atoms with Crippen LogP contribution in [-0.2, 0) is 11.3 Å². The Morgan fingerprint density at radius 1 is 1.24 bits per heavy atom. The highest BCUT2D eigenvalue weighted by atomic mass is 127. The molecule has 8 heteroatoms. The first-order valence-corrected chi connectivity index (χ1v) is 10.1. The molecule has 1 fully saturated rings. The van der Waals surface area contributed by atoms with E-state index in [9.17, 15) is 9.90 Å². The topological polar surface area (TPSA) is 86.2 Å². The first kappa shape index (κ1) is 25.6. The van der Waals surface area contributed by atoms with E-state index >= 15 is 0 Å². The lowest BCUT2D eigenvalue weighted by atomic mass is 9.84. The van der Waals surface area contributed by atoms with E-state index in [1.54, 1.807) is 7.05 Å². The maximum absolute atomic E-state index is 12.4. The number of aliphatic hydroxyl groups excluding tert-OH is 1. The van der Waals surface area contributed by atoms with E-state index in [0.717, 1.165) is 25.0 Å². The molecule has 3 N–H and O–H groups in total. The summed E-state index contributed by atoms with van der Waals surface area (Å²) in [5.74, 6) is 0.780. The summed E-state index contributed by atoms with van der Waals surface area (Å²) in [4.78, 5) is 18.5. The van der Waals surface area contributed by atoms with Gasteiger partial charge in [0.1, 0.15) is 0 Å². The molecular formula is C21H35IN4O3. The van der Waals surface area contributed by atoms with E-state index in [2.05, 4.69) is 15.6 Å². The van der Waals surface area contributed by atoms with Gasteiger partial charge in [-0.25, -0.2) is 0 Å². The van der Waals surface area contributed by atoms with Crippen LogP contribution in [0.2, 0.25) is 0 Å². The summed E-state index contributed by atoms with van der Waals surface area (Å²) in [6.07, 6.45) is 1.67. The lowest BCUT2D eigenvalue weighted by molar-refractivity contribution is 0.0773. The van der Waals surface area contributed by atoms with Crippen molar-refractivity contribution in [2.75, 3.05) is 46.5 Å². The zero-order chi connectivity index (χ0) is 20.4. The fourth-order valence-electron chi connectivity index (χ4n) is 3.45. The largest absolute Gasteiger partial charge is 0.396 e. The highest BCUT2D eigenvalue weighted by Crippen LogP contribution is 2.31. The lowest BCUT2D eigenvalue weighted by Crippen LogP contribution is -2.44. The van der Waals surface area contributed by atoms with Gasteiger partial charge < -0.3 is 25.4 Å². The number of ether oxygens (including phenoxy) is 1. The molecule has 0 radical (unpaired) electrons. The second-order valence-corrected chi connectivity index (χ2v) is 7.23. The number of aliphatic imine (C=N–C) groups is 1. The molecule has 1 amide bonds. The van der Waals surface area contributed by atoms with Crippen molar-refractivity contribution in [2.24, 2.45) is 10.4 Å². The SMILES string of the molecule is CCN(CC)C(=O)c1ccc(CNC(=NC)NCC2(CCO)CCOC2)cc1.I. The first-order valence-electron chi connectivity index (χ1n) is 10.1. The summed E-state index contributed by atoms with van der Waals surface area (Å²) < 4.78 is 5.53. The van der Waals surface area contributed by atoms with Gasteiger partial charge in [0.25, 0.3) is 5.91 Å². The Hall–Kier alpha value is -1.39. The number of aliphatic hydroxyl groups is 1. The molecule has 1 aliphatic rings. The van der Waals surface area contributed by atoms with Crippen LogP contribution in [-0.4, -0.2) is 68.4 Å². The third-order valence-corrected chi connectivity index (χ3v) is 5.39. The molecule has 7 nitrogen and oxygen atoms in total. The van der Waals surface area contributed by atoms with Gasteiger partial charge in [-0.05, 0) is 44.4 Å². The van der Waals surface area contributed by atoms with Crippen molar-refractivity contribution in [3.63, 3.8) is 0 Å². The zero-order valence-corrected chi connectivity index (χ0v) is 20.1. The van der Waals surface area contributed by atoms with Crippen LogP contribution in [0.3, 0.4) is 0 Å². The van der Waals surface area contributed by atoms with E-state index in [-0.39, 0.29) is 41.9 Å². The van der Waals surface area contributed by atoms with Crippen LogP contribution in [0.25, 0.3) is 0 Å². The fourth-order valence-corrected chi connectivity index (χ4v) is 3.45. The number of guanidine groups is 1. The molecule has 0 spiro atoms. The minimum absolute atomic E-state index is 0. The Morgan fingerprint density at radius 2 is 1.93 bits per heavy atom. The number of carbonyl (C=O) groups is 1. The number of hydrogen-bond acceptors (Lipinski definition) is 4. The average molecular weight is 518 g/mol. The second kappa shape index (κ2) is 13.0. The average Bonchev–Trinajstić information content (AvgIpc) is 3.18. The molecule has 0 saturated carbocycles. The molecular weight excluding hydrogens is 483 g/mol. The Kier molecular flexibility index (Phi) is 11.5. The van der Waals surface area contributed by atoms with Gasteiger partial charge >= 0.3 is 0 Å². The quantitative estimate of drug-likeness (QED) is 0.265. The number of nitrogens with one attached hydrogen (secondary N) is 2. The van der Waals surface area contributed by atoms with Gasteiger partial charge in [-0.1, -0.05) is 12.1 Å². The molecule has 0 aliphatic carbocycles. The molecule has 0 bridgehead atoms. The Morgan fingerprint density at radius 3 is 2.45 bits per heavy atom. The zero-order valence-electron chi connectivity index (χ0n) is 17.7. The summed E-state index contributed by atoms with van der Waals surface area (Å²) in [6, 6.07) is 7.68. The van der Waals surface area contributed by atoms with Gasteiger partial charge in [0.2, 0.25) is 0 Å². The van der Waals surface area contributed by atoms with Crippen molar-refractivity contribution in [2.45, 2.75) is 33.2 Å². The molecule has 1 aromatic rings. The molecule has 2 rings (SSSR count). The van der Waals surface area contributed by atoms with Crippen molar-refractivity contribution in [3.8, 4) is 0 Å². The number of rotatable bonds is 9. The van der Waals surface area contributed by atoms with Crippen LogP contribution in [0.5, 0.6) is 0 Å². The molecule has 164 valence electrons. The standard InChI is InChI=1S/C21H34N4O3.HI/c1-4-25(5-2)19(27)18-8-6-17(7-9-18)14-23-20(22-3)24-15-21(10-12-26)11-13-28-16-21;/h6-9,26H,4-5,10-16H2,1-3H3,(H2,22,23,24);1H. The third kappa shape index (κ3) is 7.42. The number of hydrogen-bond donors (Lipinski definition) is 3. The molecule has 29 heavy (non-hydrogen) atoms. The van der Waals surface area contributed by atoms with Crippen molar-refractivity contribution >= 4 is 35.8 Å². The minimum Gasteiger partial charge on any atom is -0.396 e. The third-order valence-electron chi connectivity index (χ3n) is 5.39. The van der Waals surface area contributed by atoms with Crippen LogP contribution in [0.4, 0.5) is 0 Å². The predicted octanol–water partition coefficient (Wildman–Crippen LogP) is 2.24. The lowest BCUT2D eigenvalue weighted by Gasteiger charge is -2.27. The second-order valence-electron chi connectivity index (χ2n) is 7.23. The monoisotopic (exact) mass is 518 g/mol. The van der Waals surface area contributed by atoms with E-state index in [1.165, 1.54) is 0 Å². The van der Waals surface area contributed by atoms with Gasteiger partial charge in [0, 0.05) is 57.4 Å². The number of halogens is 1. The van der Waals surface area contributed by atoms with Gasteiger partial charge in [0.15, 0.2) is 5.96 Å². The van der Waals surface area contributed by atoms with Gasteiger partial charge in [-0.15, -0.1) is 24.0 Å². The Labute approximate surface area is 191 Å². The number of amides is 1. The van der Waals surface area contributed by atoms with Gasteiger partial charge in [-0.3, -0.25) is 9.79 Å². The van der Waals surface area contributed by atoms with Crippen LogP contribution in [0.1, 0.15) is 42.6 Å². The smallest absolute Gasteiger partial charge is 0.253 e. The molecule has 1 unspecified atom stereocenters. The van der Waals surface area contributed by atoms with E-state index < -0.39 is 0 Å². The summed E-state index contributed by atoms with van der Waals surface area (Å²) in [6.45, 7) is 8.29. The predicted molar refractivity (Wildman–Crippen MR) is 127 cm³/mol. The van der Waals surface area contributed by atoms with Crippen LogP contribution >= 0.6 is 24.0 Å². The molecule has 1 heterocycles. The van der Waals surface area contributed by atoms with Crippen LogP contribution < -0.4 is 10.6 Å². The van der Waals surface area contributed by atoms with Crippen molar-refractivity contribution in [1.82, 2.24) is 15.5 Å². The summed E-state index contributed by atoms with van der Waals surface area (Å²) in [5, 5.41) is 16.0. The van der Waals surface area contributed by atoms with Gasteiger partial charge in [-0.2, -0.15) is 0 Å². The number of carbonyl (C=O) groups excluding carboxylic acids is 1. The van der Waals surface area contributed by atoms with Crippen LogP contribution in [0, 0.1) is 5.41 Å². The summed E-state index contributed by atoms with van der Waals surface area (Å²) in [5.41, 5.74) is 1.76. The van der Waals surface area contributed by atoms with Crippen molar-refractivity contribution < 1.29 is 14.6 Å². The molecule has 0 aromatic heterocycles. The Bertz CT molecular complexity index is 642. The van der Waals surface area contributed by atoms with Crippen molar-refractivity contribution in [1.29, 1.82) is 0 Å². The Balaban J connectivity index is 0.00000420. The minimum atomic E-state index is -0.0290. The highest BCUT2D eigenvalue weighted by Gasteiger charge is 2.34. The van der Waals surface area contributed by atoms with Gasteiger partial charge in [0.05, 0.1) is 6.61 Å². The summed E-state index contributed by atoms with van der Waals surface area (Å²) >= 11 is 0.